The first kappa shape index (κ1) is 16.6. The van der Waals surface area contributed by atoms with Crippen LogP contribution in [0.4, 0.5) is 4.79 Å². The molecule has 2 rings (SSSR count). The molecule has 0 radical (unpaired) electrons. The fourth-order valence-corrected chi connectivity index (χ4v) is 2.15. The molecule has 0 atom stereocenters. The molecule has 1 aliphatic rings. The average Bonchev–Trinajstić information content (AvgIpc) is 2.54. The summed E-state index contributed by atoms with van der Waals surface area (Å²) < 4.78 is 15.6. The Morgan fingerprint density at radius 3 is 2.73 bits per heavy atom. The fourth-order valence-electron chi connectivity index (χ4n) is 2.15. The molecule has 1 aromatic carbocycles. The maximum absolute atomic E-state index is 11.5. The standard InChI is InChI=1S/C16H24N2O4/c1-14-3-5-15(6-4-14)21-13-22-16(19)17-7-2-8-18-9-11-20-12-10-18/h3-6H,2,7-13H2,1H3,(H,17,19). The number of morpholine rings is 1. The molecule has 122 valence electrons. The Morgan fingerprint density at radius 2 is 2.00 bits per heavy atom. The second-order valence-corrected chi connectivity index (χ2v) is 5.24. The molecule has 1 heterocycles. The summed E-state index contributed by atoms with van der Waals surface area (Å²) in [6.07, 6.45) is 0.447. The maximum Gasteiger partial charge on any atom is 0.410 e. The zero-order chi connectivity index (χ0) is 15.6. The first-order valence-corrected chi connectivity index (χ1v) is 7.64. The normalized spacial score (nSPS) is 15.3. The van der Waals surface area contributed by atoms with E-state index in [1.807, 2.05) is 31.2 Å². The monoisotopic (exact) mass is 308 g/mol. The minimum atomic E-state index is -0.450. The van der Waals surface area contributed by atoms with Gasteiger partial charge in [-0.25, -0.2) is 4.79 Å². The summed E-state index contributed by atoms with van der Waals surface area (Å²) in [6.45, 7) is 7.01. The number of rotatable bonds is 7. The summed E-state index contributed by atoms with van der Waals surface area (Å²) in [4.78, 5) is 13.8. The van der Waals surface area contributed by atoms with E-state index in [2.05, 4.69) is 10.2 Å². The molecule has 6 nitrogen and oxygen atoms in total. The third kappa shape index (κ3) is 6.32. The van der Waals surface area contributed by atoms with Gasteiger partial charge in [-0.3, -0.25) is 4.90 Å². The molecular weight excluding hydrogens is 284 g/mol. The van der Waals surface area contributed by atoms with Crippen molar-refractivity contribution in [2.75, 3.05) is 46.2 Å². The number of aryl methyl sites for hydroxylation is 1. The molecule has 22 heavy (non-hydrogen) atoms. The van der Waals surface area contributed by atoms with Crippen LogP contribution >= 0.6 is 0 Å². The number of ether oxygens (including phenoxy) is 3. The third-order valence-electron chi connectivity index (χ3n) is 3.46. The second kappa shape index (κ2) is 9.27. The van der Waals surface area contributed by atoms with Crippen molar-refractivity contribution in [2.24, 2.45) is 0 Å². The molecule has 6 heteroatoms. The summed E-state index contributed by atoms with van der Waals surface area (Å²) in [6, 6.07) is 7.58. The van der Waals surface area contributed by atoms with Crippen molar-refractivity contribution < 1.29 is 19.0 Å². The van der Waals surface area contributed by atoms with Gasteiger partial charge in [0.2, 0.25) is 6.79 Å². The highest BCUT2D eigenvalue weighted by atomic mass is 16.7. The van der Waals surface area contributed by atoms with Gasteiger partial charge in [-0.15, -0.1) is 0 Å². The number of carbonyl (C=O) groups excluding carboxylic acids is 1. The predicted octanol–water partition coefficient (Wildman–Crippen LogP) is 1.78. The Hall–Kier alpha value is -1.79. The van der Waals surface area contributed by atoms with Crippen molar-refractivity contribution in [3.63, 3.8) is 0 Å². The van der Waals surface area contributed by atoms with Gasteiger partial charge in [0.25, 0.3) is 0 Å². The van der Waals surface area contributed by atoms with E-state index in [4.69, 9.17) is 14.2 Å². The van der Waals surface area contributed by atoms with Crippen LogP contribution in [-0.2, 0) is 9.47 Å². The molecule has 1 saturated heterocycles. The van der Waals surface area contributed by atoms with Crippen molar-refractivity contribution >= 4 is 6.09 Å². The number of benzene rings is 1. The van der Waals surface area contributed by atoms with E-state index in [1.54, 1.807) is 0 Å². The smallest absolute Gasteiger partial charge is 0.410 e. The number of hydrogen-bond acceptors (Lipinski definition) is 5. The number of alkyl carbamates (subject to hydrolysis) is 1. The zero-order valence-corrected chi connectivity index (χ0v) is 13.0. The molecule has 1 aromatic rings. The molecular formula is C16H24N2O4. The molecule has 1 N–H and O–H groups in total. The molecule has 0 saturated carbocycles. The van der Waals surface area contributed by atoms with Crippen molar-refractivity contribution in [1.29, 1.82) is 0 Å². The van der Waals surface area contributed by atoms with E-state index in [1.165, 1.54) is 0 Å². The average molecular weight is 308 g/mol. The summed E-state index contributed by atoms with van der Waals surface area (Å²) in [5, 5.41) is 2.72. The summed E-state index contributed by atoms with van der Waals surface area (Å²) in [5.74, 6) is 0.686. The maximum atomic E-state index is 11.5. The van der Waals surface area contributed by atoms with E-state index in [0.717, 1.165) is 44.8 Å². The third-order valence-corrected chi connectivity index (χ3v) is 3.46. The van der Waals surface area contributed by atoms with Crippen LogP contribution in [0.15, 0.2) is 24.3 Å². The van der Waals surface area contributed by atoms with Gasteiger partial charge in [0.05, 0.1) is 13.2 Å². The van der Waals surface area contributed by atoms with Crippen LogP contribution in [0.5, 0.6) is 5.75 Å². The highest BCUT2D eigenvalue weighted by Crippen LogP contribution is 2.11. The van der Waals surface area contributed by atoms with Gasteiger partial charge >= 0.3 is 6.09 Å². The topological polar surface area (TPSA) is 60.0 Å². The molecule has 0 spiro atoms. The second-order valence-electron chi connectivity index (χ2n) is 5.24. The van der Waals surface area contributed by atoms with Crippen molar-refractivity contribution in [3.8, 4) is 5.75 Å². The Bertz CT molecular complexity index is 444. The van der Waals surface area contributed by atoms with Gasteiger partial charge in [-0.05, 0) is 32.0 Å². The van der Waals surface area contributed by atoms with Gasteiger partial charge in [-0.2, -0.15) is 0 Å². The van der Waals surface area contributed by atoms with Crippen LogP contribution in [0.25, 0.3) is 0 Å². The summed E-state index contributed by atoms with van der Waals surface area (Å²) >= 11 is 0. The van der Waals surface area contributed by atoms with Gasteiger partial charge in [0.15, 0.2) is 0 Å². The number of nitrogens with zero attached hydrogens (tertiary/aromatic N) is 1. The first-order valence-electron chi connectivity index (χ1n) is 7.64. The van der Waals surface area contributed by atoms with E-state index in [0.29, 0.717) is 12.3 Å². The first-order chi connectivity index (χ1) is 10.7. The summed E-state index contributed by atoms with van der Waals surface area (Å²) in [5.41, 5.74) is 1.16. The van der Waals surface area contributed by atoms with E-state index in [-0.39, 0.29) is 6.79 Å². The molecule has 1 aliphatic heterocycles. The number of hydrogen-bond donors (Lipinski definition) is 1. The Morgan fingerprint density at radius 1 is 1.27 bits per heavy atom. The highest BCUT2D eigenvalue weighted by Gasteiger charge is 2.09. The molecule has 0 bridgehead atoms. The molecule has 1 amide bonds. The Balaban J connectivity index is 1.49. The Labute approximate surface area is 131 Å². The van der Waals surface area contributed by atoms with Crippen LogP contribution < -0.4 is 10.1 Å². The van der Waals surface area contributed by atoms with Crippen molar-refractivity contribution in [1.82, 2.24) is 10.2 Å². The lowest BCUT2D eigenvalue weighted by Gasteiger charge is -2.26. The van der Waals surface area contributed by atoms with Gasteiger partial charge in [0, 0.05) is 19.6 Å². The lowest BCUT2D eigenvalue weighted by atomic mass is 10.2. The molecule has 0 unspecified atom stereocenters. The van der Waals surface area contributed by atoms with Gasteiger partial charge in [-0.1, -0.05) is 17.7 Å². The summed E-state index contributed by atoms with van der Waals surface area (Å²) in [7, 11) is 0. The molecule has 0 aliphatic carbocycles. The van der Waals surface area contributed by atoms with Gasteiger partial charge < -0.3 is 19.5 Å². The van der Waals surface area contributed by atoms with E-state index in [9.17, 15) is 4.79 Å². The minimum absolute atomic E-state index is 0.0850. The molecule has 0 aromatic heterocycles. The van der Waals surface area contributed by atoms with Gasteiger partial charge in [0.1, 0.15) is 5.75 Å². The lowest BCUT2D eigenvalue weighted by molar-refractivity contribution is 0.0369. The minimum Gasteiger partial charge on any atom is -0.457 e. The highest BCUT2D eigenvalue weighted by molar-refractivity contribution is 5.66. The van der Waals surface area contributed by atoms with E-state index < -0.39 is 6.09 Å². The number of nitrogens with one attached hydrogen (secondary N) is 1. The van der Waals surface area contributed by atoms with Crippen LogP contribution in [0.1, 0.15) is 12.0 Å². The van der Waals surface area contributed by atoms with Crippen LogP contribution in [-0.4, -0.2) is 57.2 Å². The lowest BCUT2D eigenvalue weighted by Crippen LogP contribution is -2.38. The largest absolute Gasteiger partial charge is 0.457 e. The van der Waals surface area contributed by atoms with Crippen LogP contribution in [0.2, 0.25) is 0 Å². The van der Waals surface area contributed by atoms with Crippen LogP contribution in [0, 0.1) is 6.92 Å². The number of carbonyl (C=O) groups is 1. The Kier molecular flexibility index (Phi) is 6.99. The van der Waals surface area contributed by atoms with E-state index >= 15 is 0 Å². The zero-order valence-electron chi connectivity index (χ0n) is 13.0. The molecule has 1 fully saturated rings. The fraction of sp³-hybridized carbons (Fsp3) is 0.562. The van der Waals surface area contributed by atoms with Crippen molar-refractivity contribution in [3.05, 3.63) is 29.8 Å². The predicted molar refractivity (Wildman–Crippen MR) is 83.0 cm³/mol. The van der Waals surface area contributed by atoms with Crippen molar-refractivity contribution in [2.45, 2.75) is 13.3 Å². The SMILES string of the molecule is Cc1ccc(OCOC(=O)NCCCN2CCOCC2)cc1. The van der Waals surface area contributed by atoms with Crippen LogP contribution in [0.3, 0.4) is 0 Å². The quantitative estimate of drug-likeness (QED) is 0.614. The number of amides is 1.